The number of rotatable bonds is 4. The summed E-state index contributed by atoms with van der Waals surface area (Å²) in [5, 5.41) is 7.72. The first-order chi connectivity index (χ1) is 7.78. The van der Waals surface area contributed by atoms with E-state index in [2.05, 4.69) is 16.3 Å². The van der Waals surface area contributed by atoms with Gasteiger partial charge in [-0.05, 0) is 17.7 Å². The molecule has 2 rings (SSSR count). The molecule has 16 heavy (non-hydrogen) atoms. The maximum absolute atomic E-state index is 5.58. The van der Waals surface area contributed by atoms with Crippen LogP contribution in [0.3, 0.4) is 0 Å². The van der Waals surface area contributed by atoms with Crippen molar-refractivity contribution in [3.63, 3.8) is 0 Å². The first-order valence-electron chi connectivity index (χ1n) is 4.98. The minimum atomic E-state index is 0.564. The van der Waals surface area contributed by atoms with Gasteiger partial charge in [0.15, 0.2) is 0 Å². The summed E-state index contributed by atoms with van der Waals surface area (Å²) < 4.78 is 5.29. The number of nitrogens with zero attached hydrogens (tertiary/aromatic N) is 2. The van der Waals surface area contributed by atoms with Crippen LogP contribution in [0.2, 0.25) is 0 Å². The number of aryl methyl sites for hydroxylation is 1. The fourth-order valence-corrected chi connectivity index (χ4v) is 2.12. The summed E-state index contributed by atoms with van der Waals surface area (Å²) in [6.45, 7) is 2.35. The molecular formula is C11H13N3OS. The van der Waals surface area contributed by atoms with Crippen molar-refractivity contribution in [2.24, 2.45) is 5.73 Å². The molecule has 1 heterocycles. The molecule has 1 aromatic heterocycles. The molecule has 2 N–H and O–H groups in total. The van der Waals surface area contributed by atoms with E-state index in [1.165, 1.54) is 4.90 Å². The van der Waals surface area contributed by atoms with Gasteiger partial charge in [-0.2, -0.15) is 0 Å². The quantitative estimate of drug-likeness (QED) is 0.822. The van der Waals surface area contributed by atoms with Gasteiger partial charge in [0, 0.05) is 18.4 Å². The Balaban J connectivity index is 1.99. The van der Waals surface area contributed by atoms with Gasteiger partial charge in [0.05, 0.1) is 5.75 Å². The van der Waals surface area contributed by atoms with Crippen LogP contribution in [0.25, 0.3) is 0 Å². The van der Waals surface area contributed by atoms with Gasteiger partial charge < -0.3 is 10.2 Å². The number of nitrogens with two attached hydrogens (primary N) is 1. The Morgan fingerprint density at radius 2 is 2.25 bits per heavy atom. The lowest BCUT2D eigenvalue weighted by Gasteiger charge is -2.01. The van der Waals surface area contributed by atoms with E-state index in [4.69, 9.17) is 10.2 Å². The number of thioether (sulfide) groups is 1. The molecule has 0 saturated carbocycles. The fourth-order valence-electron chi connectivity index (χ4n) is 1.30. The average molecular weight is 235 g/mol. The van der Waals surface area contributed by atoms with Crippen LogP contribution in [0.1, 0.15) is 17.3 Å². The monoisotopic (exact) mass is 235 g/mol. The maximum atomic E-state index is 5.58. The third kappa shape index (κ3) is 2.84. The Labute approximate surface area is 98.2 Å². The highest BCUT2D eigenvalue weighted by Crippen LogP contribution is 2.22. The van der Waals surface area contributed by atoms with Crippen LogP contribution in [0.4, 0.5) is 0 Å². The molecule has 0 radical (unpaired) electrons. The summed E-state index contributed by atoms with van der Waals surface area (Å²) in [4.78, 5) is 1.17. The van der Waals surface area contributed by atoms with E-state index in [1.807, 2.05) is 18.2 Å². The highest BCUT2D eigenvalue weighted by atomic mass is 32.2. The third-order valence-electron chi connectivity index (χ3n) is 2.06. The molecule has 0 bridgehead atoms. The van der Waals surface area contributed by atoms with E-state index < -0.39 is 0 Å². The van der Waals surface area contributed by atoms with Crippen LogP contribution in [0, 0.1) is 6.92 Å². The number of hydrogen-bond donors (Lipinski definition) is 1. The van der Waals surface area contributed by atoms with E-state index >= 15 is 0 Å². The van der Waals surface area contributed by atoms with Crippen LogP contribution >= 0.6 is 11.8 Å². The van der Waals surface area contributed by atoms with Crippen molar-refractivity contribution in [2.45, 2.75) is 24.1 Å². The standard InChI is InChI=1S/C11H13N3OS/c1-8-13-14-11(15-8)7-16-10-4-2-3-9(5-10)6-12/h2-5H,6-7,12H2,1H3. The van der Waals surface area contributed by atoms with Crippen LogP contribution in [0.5, 0.6) is 0 Å². The Morgan fingerprint density at radius 3 is 2.94 bits per heavy atom. The molecule has 0 spiro atoms. The van der Waals surface area contributed by atoms with Crippen molar-refractivity contribution in [2.75, 3.05) is 0 Å². The molecule has 0 saturated heterocycles. The summed E-state index contributed by atoms with van der Waals surface area (Å²) in [5.41, 5.74) is 6.71. The molecule has 0 atom stereocenters. The molecular weight excluding hydrogens is 222 g/mol. The number of hydrogen-bond acceptors (Lipinski definition) is 5. The van der Waals surface area contributed by atoms with Crippen molar-refractivity contribution in [1.29, 1.82) is 0 Å². The lowest BCUT2D eigenvalue weighted by molar-refractivity contribution is 0.485. The lowest BCUT2D eigenvalue weighted by Crippen LogP contribution is -1.95. The van der Waals surface area contributed by atoms with Crippen molar-refractivity contribution in [3.8, 4) is 0 Å². The minimum Gasteiger partial charge on any atom is -0.425 e. The molecule has 5 heteroatoms. The minimum absolute atomic E-state index is 0.564. The Morgan fingerprint density at radius 1 is 1.38 bits per heavy atom. The summed E-state index contributed by atoms with van der Waals surface area (Å²) in [7, 11) is 0. The van der Waals surface area contributed by atoms with Gasteiger partial charge in [0.25, 0.3) is 0 Å². The summed E-state index contributed by atoms with van der Waals surface area (Å²) in [6.07, 6.45) is 0. The first-order valence-corrected chi connectivity index (χ1v) is 5.97. The second-order valence-electron chi connectivity index (χ2n) is 3.36. The zero-order valence-corrected chi connectivity index (χ0v) is 9.83. The molecule has 1 aromatic carbocycles. The van der Waals surface area contributed by atoms with Gasteiger partial charge >= 0.3 is 0 Å². The van der Waals surface area contributed by atoms with Gasteiger partial charge in [0.1, 0.15) is 0 Å². The lowest BCUT2D eigenvalue weighted by atomic mass is 10.2. The van der Waals surface area contributed by atoms with Gasteiger partial charge in [-0.3, -0.25) is 0 Å². The molecule has 0 aliphatic heterocycles. The maximum Gasteiger partial charge on any atom is 0.226 e. The summed E-state index contributed by atoms with van der Waals surface area (Å²) in [6, 6.07) is 8.14. The molecule has 0 amide bonds. The van der Waals surface area contributed by atoms with Gasteiger partial charge in [0.2, 0.25) is 11.8 Å². The zero-order valence-electron chi connectivity index (χ0n) is 9.01. The highest BCUT2D eigenvalue weighted by Gasteiger charge is 2.03. The average Bonchev–Trinajstić information content (AvgIpc) is 2.73. The molecule has 0 fully saturated rings. The van der Waals surface area contributed by atoms with Gasteiger partial charge in [-0.1, -0.05) is 12.1 Å². The predicted molar refractivity (Wildman–Crippen MR) is 62.9 cm³/mol. The number of aromatic nitrogens is 2. The number of benzene rings is 1. The fraction of sp³-hybridized carbons (Fsp3) is 0.273. The van der Waals surface area contributed by atoms with Crippen molar-refractivity contribution < 1.29 is 4.42 Å². The van der Waals surface area contributed by atoms with Crippen molar-refractivity contribution >= 4 is 11.8 Å². The summed E-state index contributed by atoms with van der Waals surface area (Å²) >= 11 is 1.66. The molecule has 2 aromatic rings. The van der Waals surface area contributed by atoms with Crippen LogP contribution in [-0.2, 0) is 12.3 Å². The largest absolute Gasteiger partial charge is 0.425 e. The Hall–Kier alpha value is -1.33. The van der Waals surface area contributed by atoms with Crippen molar-refractivity contribution in [1.82, 2.24) is 10.2 Å². The van der Waals surface area contributed by atoms with E-state index in [0.29, 0.717) is 24.1 Å². The Kier molecular flexibility index (Phi) is 3.58. The smallest absolute Gasteiger partial charge is 0.226 e. The van der Waals surface area contributed by atoms with Crippen LogP contribution in [-0.4, -0.2) is 10.2 Å². The van der Waals surface area contributed by atoms with E-state index in [1.54, 1.807) is 18.7 Å². The second-order valence-corrected chi connectivity index (χ2v) is 4.40. The van der Waals surface area contributed by atoms with Gasteiger partial charge in [-0.25, -0.2) is 0 Å². The first kappa shape index (κ1) is 11.2. The highest BCUT2D eigenvalue weighted by molar-refractivity contribution is 7.98. The predicted octanol–water partition coefficient (Wildman–Crippen LogP) is 2.13. The van der Waals surface area contributed by atoms with Gasteiger partial charge in [-0.15, -0.1) is 22.0 Å². The van der Waals surface area contributed by atoms with Crippen molar-refractivity contribution in [3.05, 3.63) is 41.6 Å². The normalized spacial score (nSPS) is 10.6. The molecule has 84 valence electrons. The molecule has 0 unspecified atom stereocenters. The van der Waals surface area contributed by atoms with E-state index in [-0.39, 0.29) is 0 Å². The molecule has 4 nitrogen and oxygen atoms in total. The molecule has 0 aliphatic rings. The van der Waals surface area contributed by atoms with Crippen LogP contribution in [0.15, 0.2) is 33.6 Å². The SMILES string of the molecule is Cc1nnc(CSc2cccc(CN)c2)o1. The zero-order chi connectivity index (χ0) is 11.4. The van der Waals surface area contributed by atoms with E-state index in [0.717, 1.165) is 5.56 Å². The second kappa shape index (κ2) is 5.14. The topological polar surface area (TPSA) is 64.9 Å². The third-order valence-corrected chi connectivity index (χ3v) is 3.04. The summed E-state index contributed by atoms with van der Waals surface area (Å²) in [5.74, 6) is 1.95. The van der Waals surface area contributed by atoms with E-state index in [9.17, 15) is 0 Å². The Bertz CT molecular complexity index is 470. The van der Waals surface area contributed by atoms with Crippen LogP contribution < -0.4 is 5.73 Å². The molecule has 0 aliphatic carbocycles.